The van der Waals surface area contributed by atoms with E-state index in [1.54, 1.807) is 0 Å². The second-order valence-corrected chi connectivity index (χ2v) is 6.88. The van der Waals surface area contributed by atoms with Gasteiger partial charge in [-0.1, -0.05) is 43.3 Å². The Morgan fingerprint density at radius 1 is 1.23 bits per heavy atom. The first-order valence-electron chi connectivity index (χ1n) is 8.10. The van der Waals surface area contributed by atoms with Crippen molar-refractivity contribution in [3.63, 3.8) is 0 Å². The van der Waals surface area contributed by atoms with Gasteiger partial charge in [0.2, 0.25) is 0 Å². The Bertz CT molecular complexity index is 741. The molecule has 2 aromatic carbocycles. The quantitative estimate of drug-likeness (QED) is 0.891. The van der Waals surface area contributed by atoms with Gasteiger partial charge in [-0.15, -0.1) is 0 Å². The third-order valence-corrected chi connectivity index (χ3v) is 5.85. The van der Waals surface area contributed by atoms with Crippen molar-refractivity contribution in [2.24, 2.45) is 11.8 Å². The summed E-state index contributed by atoms with van der Waals surface area (Å²) in [6, 6.07) is 15.3. The molecule has 0 amide bonds. The smallest absolute Gasteiger partial charge is 0.306 e. The lowest BCUT2D eigenvalue weighted by atomic mass is 9.70. The van der Waals surface area contributed by atoms with Gasteiger partial charge >= 0.3 is 5.97 Å². The predicted molar refractivity (Wildman–Crippen MR) is 86.7 cm³/mol. The Morgan fingerprint density at radius 3 is 2.77 bits per heavy atom. The van der Waals surface area contributed by atoms with Crippen molar-refractivity contribution in [3.8, 4) is 0 Å². The molecule has 4 atom stereocenters. The molecule has 2 fully saturated rings. The van der Waals surface area contributed by atoms with E-state index < -0.39 is 5.97 Å². The van der Waals surface area contributed by atoms with Crippen LogP contribution in [0.25, 0.3) is 10.8 Å². The van der Waals surface area contributed by atoms with Crippen molar-refractivity contribution in [1.29, 1.82) is 0 Å². The SMILES string of the molecule is CC1C(C(=O)O)CC2CCC1(c1ccc3ccccc3c1)N2. The molecule has 2 aliphatic heterocycles. The molecule has 3 heteroatoms. The summed E-state index contributed by atoms with van der Waals surface area (Å²) in [6.45, 7) is 2.10. The van der Waals surface area contributed by atoms with Crippen molar-refractivity contribution < 1.29 is 9.90 Å². The number of benzene rings is 2. The normalized spacial score (nSPS) is 34.0. The zero-order valence-electron chi connectivity index (χ0n) is 12.8. The van der Waals surface area contributed by atoms with Crippen LogP contribution >= 0.6 is 0 Å². The van der Waals surface area contributed by atoms with E-state index in [2.05, 4.69) is 48.6 Å². The molecule has 2 bridgehead atoms. The molecule has 2 saturated heterocycles. The topological polar surface area (TPSA) is 49.3 Å². The number of rotatable bonds is 2. The zero-order valence-corrected chi connectivity index (χ0v) is 12.8. The number of carboxylic acid groups (broad SMARTS) is 1. The van der Waals surface area contributed by atoms with Gasteiger partial charge in [0.05, 0.1) is 5.92 Å². The number of nitrogens with one attached hydrogen (secondary N) is 1. The number of carboxylic acids is 1. The van der Waals surface area contributed by atoms with Crippen LogP contribution in [0.2, 0.25) is 0 Å². The highest BCUT2D eigenvalue weighted by atomic mass is 16.4. The summed E-state index contributed by atoms with van der Waals surface area (Å²) >= 11 is 0. The van der Waals surface area contributed by atoms with Crippen LogP contribution in [-0.2, 0) is 10.3 Å². The maximum Gasteiger partial charge on any atom is 0.306 e. The summed E-state index contributed by atoms with van der Waals surface area (Å²) in [4.78, 5) is 11.6. The number of hydrogen-bond donors (Lipinski definition) is 2. The third kappa shape index (κ3) is 1.88. The number of hydrogen-bond acceptors (Lipinski definition) is 2. The number of piperidine rings is 1. The molecule has 2 aliphatic rings. The highest BCUT2D eigenvalue weighted by Gasteiger charge is 2.53. The van der Waals surface area contributed by atoms with E-state index in [0.29, 0.717) is 6.04 Å². The molecule has 4 unspecified atom stereocenters. The van der Waals surface area contributed by atoms with Gasteiger partial charge in [-0.3, -0.25) is 4.79 Å². The van der Waals surface area contributed by atoms with Crippen molar-refractivity contribution >= 4 is 16.7 Å². The first-order valence-corrected chi connectivity index (χ1v) is 8.10. The Balaban J connectivity index is 1.82. The Kier molecular flexibility index (Phi) is 3.01. The molecule has 0 aromatic heterocycles. The van der Waals surface area contributed by atoms with Crippen LogP contribution in [0.4, 0.5) is 0 Å². The number of aliphatic carboxylic acids is 1. The largest absolute Gasteiger partial charge is 0.481 e. The summed E-state index contributed by atoms with van der Waals surface area (Å²) in [5.41, 5.74) is 1.06. The molecule has 114 valence electrons. The van der Waals surface area contributed by atoms with Crippen molar-refractivity contribution in [3.05, 3.63) is 48.0 Å². The number of fused-ring (bicyclic) bond motifs is 3. The van der Waals surface area contributed by atoms with Gasteiger partial charge in [0, 0.05) is 11.6 Å². The molecular formula is C19H21NO2. The maximum absolute atomic E-state index is 11.6. The molecule has 3 nitrogen and oxygen atoms in total. The molecule has 0 saturated carbocycles. The molecule has 2 N–H and O–H groups in total. The van der Waals surface area contributed by atoms with E-state index in [9.17, 15) is 9.90 Å². The van der Waals surface area contributed by atoms with Crippen LogP contribution in [0.15, 0.2) is 42.5 Å². The standard InChI is InChI=1S/C19H21NO2/c1-12-17(18(21)22)11-16-8-9-19(12,20-16)15-7-6-13-4-2-3-5-14(13)10-15/h2-7,10,12,16-17,20H,8-9,11H2,1H3,(H,21,22). The minimum absolute atomic E-state index is 0.102. The van der Waals surface area contributed by atoms with E-state index in [-0.39, 0.29) is 17.4 Å². The van der Waals surface area contributed by atoms with Crippen LogP contribution in [0.3, 0.4) is 0 Å². The maximum atomic E-state index is 11.6. The van der Waals surface area contributed by atoms with Crippen LogP contribution in [0.5, 0.6) is 0 Å². The van der Waals surface area contributed by atoms with E-state index in [0.717, 1.165) is 19.3 Å². The predicted octanol–water partition coefficient (Wildman–Crippen LogP) is 3.53. The average molecular weight is 295 g/mol. The van der Waals surface area contributed by atoms with Crippen LogP contribution in [-0.4, -0.2) is 17.1 Å². The fourth-order valence-electron chi connectivity index (χ4n) is 4.57. The molecule has 2 aromatic rings. The molecule has 0 aliphatic carbocycles. The lowest BCUT2D eigenvalue weighted by Gasteiger charge is -2.44. The van der Waals surface area contributed by atoms with Crippen LogP contribution in [0.1, 0.15) is 31.7 Å². The summed E-state index contributed by atoms with van der Waals surface area (Å²) in [5.74, 6) is -0.795. The van der Waals surface area contributed by atoms with Crippen LogP contribution in [0, 0.1) is 11.8 Å². The third-order valence-electron chi connectivity index (χ3n) is 5.85. The zero-order chi connectivity index (χ0) is 15.3. The summed E-state index contributed by atoms with van der Waals surface area (Å²) in [5, 5.41) is 15.8. The summed E-state index contributed by atoms with van der Waals surface area (Å²) in [6.07, 6.45) is 2.85. The minimum Gasteiger partial charge on any atom is -0.481 e. The summed E-state index contributed by atoms with van der Waals surface area (Å²) in [7, 11) is 0. The highest BCUT2D eigenvalue weighted by Crippen LogP contribution is 2.49. The van der Waals surface area contributed by atoms with Gasteiger partial charge in [-0.2, -0.15) is 0 Å². The van der Waals surface area contributed by atoms with E-state index >= 15 is 0 Å². The lowest BCUT2D eigenvalue weighted by molar-refractivity contribution is -0.146. The van der Waals surface area contributed by atoms with Crippen molar-refractivity contribution in [1.82, 2.24) is 5.32 Å². The monoisotopic (exact) mass is 295 g/mol. The van der Waals surface area contributed by atoms with Gasteiger partial charge in [0.15, 0.2) is 0 Å². The second kappa shape index (κ2) is 4.82. The minimum atomic E-state index is -0.647. The molecule has 4 rings (SSSR count). The lowest BCUT2D eigenvalue weighted by Crippen LogP contribution is -2.54. The average Bonchev–Trinajstić information content (AvgIpc) is 2.91. The molecule has 0 spiro atoms. The number of carbonyl (C=O) groups is 1. The van der Waals surface area contributed by atoms with E-state index in [1.165, 1.54) is 16.3 Å². The summed E-state index contributed by atoms with van der Waals surface area (Å²) < 4.78 is 0. The first-order chi connectivity index (χ1) is 10.6. The second-order valence-electron chi connectivity index (χ2n) is 6.88. The van der Waals surface area contributed by atoms with Crippen molar-refractivity contribution in [2.75, 3.05) is 0 Å². The molecule has 0 radical (unpaired) electrons. The van der Waals surface area contributed by atoms with Crippen molar-refractivity contribution in [2.45, 2.75) is 37.8 Å². The molecular weight excluding hydrogens is 274 g/mol. The Labute approximate surface area is 130 Å². The highest BCUT2D eigenvalue weighted by molar-refractivity contribution is 5.83. The first kappa shape index (κ1) is 13.8. The fourth-order valence-corrected chi connectivity index (χ4v) is 4.57. The van der Waals surface area contributed by atoms with Gasteiger partial charge in [0.1, 0.15) is 0 Å². The van der Waals surface area contributed by atoms with E-state index in [1.807, 2.05) is 6.07 Å². The Hall–Kier alpha value is -1.87. The fraction of sp³-hybridized carbons (Fsp3) is 0.421. The molecule has 2 heterocycles. The Morgan fingerprint density at radius 2 is 2.00 bits per heavy atom. The van der Waals surface area contributed by atoms with Gasteiger partial charge in [-0.25, -0.2) is 0 Å². The van der Waals surface area contributed by atoms with Crippen LogP contribution < -0.4 is 5.32 Å². The van der Waals surface area contributed by atoms with Gasteiger partial charge < -0.3 is 10.4 Å². The van der Waals surface area contributed by atoms with Gasteiger partial charge in [0.25, 0.3) is 0 Å². The van der Waals surface area contributed by atoms with E-state index in [4.69, 9.17) is 0 Å². The molecule has 22 heavy (non-hydrogen) atoms. The van der Waals surface area contributed by atoms with Gasteiger partial charge in [-0.05, 0) is 47.6 Å².